The monoisotopic (exact) mass is 953 g/mol. The van der Waals surface area contributed by atoms with E-state index in [-0.39, 0.29) is 19.8 Å². The van der Waals surface area contributed by atoms with Crippen LogP contribution >= 0.6 is 0 Å². The standard InChI is InChI=1S/C50H96O16/c1-9-17-25-54-33-36-39(51)40(52)43(57-28-20-12-4)49(63-36)65-42-38(35-56-27-19-11-3)64-50(47(61-32-24-16-8)45(42)59-30-22-14-6)66-41-37(34-55-26-18-10-2)62-48(53)46(60-31-23-15-7)44(41)58-29-21-13-5/h36-53H,9-35H2,1-8H3/t36?,37?,38?,39-,40?,41+,42-,43?,44?,45?,46?,47?,48+,49+,50-/m0/s1. The first-order chi connectivity index (χ1) is 32.2. The predicted octanol–water partition coefficient (Wildman–Crippen LogP) is 7.02. The van der Waals surface area contributed by atoms with Crippen LogP contribution in [0, 0.1) is 0 Å². The largest absolute Gasteiger partial charge is 0.387 e. The fourth-order valence-electron chi connectivity index (χ4n) is 8.01. The molecule has 16 heteroatoms. The van der Waals surface area contributed by atoms with Gasteiger partial charge in [-0.2, -0.15) is 0 Å². The third-order valence-corrected chi connectivity index (χ3v) is 12.2. The molecule has 0 aromatic carbocycles. The molecule has 0 aromatic heterocycles. The molecule has 15 atom stereocenters. The second-order valence-corrected chi connectivity index (χ2v) is 18.1. The van der Waals surface area contributed by atoms with Crippen molar-refractivity contribution in [3.63, 3.8) is 0 Å². The topological polar surface area (TPSA) is 181 Å². The summed E-state index contributed by atoms with van der Waals surface area (Å²) in [5.41, 5.74) is 0. The van der Waals surface area contributed by atoms with Gasteiger partial charge in [-0.3, -0.25) is 0 Å². The van der Waals surface area contributed by atoms with Crippen molar-refractivity contribution in [1.29, 1.82) is 0 Å². The van der Waals surface area contributed by atoms with Crippen LogP contribution in [0.25, 0.3) is 0 Å². The molecule has 3 N–H and O–H groups in total. The third kappa shape index (κ3) is 20.2. The highest BCUT2D eigenvalue weighted by atomic mass is 16.8. The van der Waals surface area contributed by atoms with Gasteiger partial charge in [0.1, 0.15) is 73.2 Å². The van der Waals surface area contributed by atoms with Gasteiger partial charge in [0.05, 0.1) is 19.8 Å². The number of unbranched alkanes of at least 4 members (excludes halogenated alkanes) is 8. The lowest BCUT2D eigenvalue weighted by atomic mass is 9.95. The maximum atomic E-state index is 11.7. The Morgan fingerprint density at radius 3 is 1.08 bits per heavy atom. The molecule has 16 nitrogen and oxygen atoms in total. The summed E-state index contributed by atoms with van der Waals surface area (Å²) >= 11 is 0. The first-order valence-corrected chi connectivity index (χ1v) is 26.4. The molecule has 0 amide bonds. The molecule has 0 saturated carbocycles. The summed E-state index contributed by atoms with van der Waals surface area (Å²) in [5.74, 6) is 0. The molecule has 0 bridgehead atoms. The Balaban J connectivity index is 2.16. The van der Waals surface area contributed by atoms with Crippen molar-refractivity contribution in [3.05, 3.63) is 0 Å². The zero-order valence-electron chi connectivity index (χ0n) is 42.4. The van der Waals surface area contributed by atoms with Crippen LogP contribution < -0.4 is 0 Å². The predicted molar refractivity (Wildman–Crippen MR) is 250 cm³/mol. The average Bonchev–Trinajstić information content (AvgIpc) is 3.31. The minimum absolute atomic E-state index is 0.0612. The molecule has 0 spiro atoms. The molecule has 3 rings (SSSR count). The van der Waals surface area contributed by atoms with E-state index in [0.29, 0.717) is 52.9 Å². The Morgan fingerprint density at radius 1 is 0.318 bits per heavy atom. The van der Waals surface area contributed by atoms with Crippen LogP contribution in [0.4, 0.5) is 0 Å². The quantitative estimate of drug-likeness (QED) is 0.0535. The maximum absolute atomic E-state index is 11.7. The Hall–Kier alpha value is -0.640. The van der Waals surface area contributed by atoms with Crippen LogP contribution in [-0.4, -0.2) is 180 Å². The molecule has 9 unspecified atom stereocenters. The SMILES string of the molecule is CCCCOCC1O[C@H](O[C@H]2C(COCCCC)O[C@@H](O[C@@H]3C(COCCCC)O[C@@H](O)C(OCCCC)C3OCCCC)C(OCCCC)C2OCCCC)C(OCCCC)C(O)[C@H]1O. The summed E-state index contributed by atoms with van der Waals surface area (Å²) in [7, 11) is 0. The van der Waals surface area contributed by atoms with E-state index in [9.17, 15) is 15.3 Å². The van der Waals surface area contributed by atoms with Crippen LogP contribution in [0.3, 0.4) is 0 Å². The second-order valence-electron chi connectivity index (χ2n) is 18.1. The van der Waals surface area contributed by atoms with Crippen molar-refractivity contribution in [2.45, 2.75) is 250 Å². The van der Waals surface area contributed by atoms with Crippen molar-refractivity contribution >= 4 is 0 Å². The summed E-state index contributed by atoms with van der Waals surface area (Å²) in [6, 6.07) is 0. The molecule has 0 aromatic rings. The lowest BCUT2D eigenvalue weighted by Crippen LogP contribution is -2.68. The zero-order valence-corrected chi connectivity index (χ0v) is 42.4. The van der Waals surface area contributed by atoms with E-state index in [0.717, 1.165) is 103 Å². The third-order valence-electron chi connectivity index (χ3n) is 12.2. The van der Waals surface area contributed by atoms with Gasteiger partial charge >= 0.3 is 0 Å². The minimum atomic E-state index is -1.33. The van der Waals surface area contributed by atoms with Crippen LogP contribution in [-0.2, 0) is 61.6 Å². The second kappa shape index (κ2) is 36.3. The minimum Gasteiger partial charge on any atom is -0.387 e. The van der Waals surface area contributed by atoms with Gasteiger partial charge in [-0.15, -0.1) is 0 Å². The van der Waals surface area contributed by atoms with Crippen molar-refractivity contribution in [1.82, 2.24) is 0 Å². The lowest BCUT2D eigenvalue weighted by molar-refractivity contribution is -0.389. The van der Waals surface area contributed by atoms with Crippen molar-refractivity contribution in [3.8, 4) is 0 Å². The smallest absolute Gasteiger partial charge is 0.187 e. The number of aliphatic hydroxyl groups is 3. The molecular formula is C50H96O16. The van der Waals surface area contributed by atoms with E-state index in [1.54, 1.807) is 0 Å². The van der Waals surface area contributed by atoms with E-state index in [1.807, 2.05) is 0 Å². The van der Waals surface area contributed by atoms with Crippen LogP contribution in [0.5, 0.6) is 0 Å². The van der Waals surface area contributed by atoms with Gasteiger partial charge in [-0.1, -0.05) is 107 Å². The van der Waals surface area contributed by atoms with Crippen LogP contribution in [0.1, 0.15) is 158 Å². The van der Waals surface area contributed by atoms with Gasteiger partial charge in [0.15, 0.2) is 18.9 Å². The fraction of sp³-hybridized carbons (Fsp3) is 1.00. The van der Waals surface area contributed by atoms with E-state index >= 15 is 0 Å². The molecule has 3 heterocycles. The molecule has 3 saturated heterocycles. The van der Waals surface area contributed by atoms with Gasteiger partial charge in [0, 0.05) is 52.9 Å². The number of hydrogen-bond donors (Lipinski definition) is 3. The van der Waals surface area contributed by atoms with Gasteiger partial charge in [0.2, 0.25) is 0 Å². The molecule has 66 heavy (non-hydrogen) atoms. The first-order valence-electron chi connectivity index (χ1n) is 26.4. The number of ether oxygens (including phenoxy) is 13. The van der Waals surface area contributed by atoms with Crippen molar-refractivity contribution in [2.75, 3.05) is 72.7 Å². The van der Waals surface area contributed by atoms with Gasteiger partial charge in [0.25, 0.3) is 0 Å². The Morgan fingerprint density at radius 2 is 0.636 bits per heavy atom. The van der Waals surface area contributed by atoms with Crippen molar-refractivity contribution in [2.24, 2.45) is 0 Å². The fourth-order valence-corrected chi connectivity index (χ4v) is 8.01. The van der Waals surface area contributed by atoms with Gasteiger partial charge < -0.3 is 76.9 Å². The Bertz CT molecular complexity index is 1140. The molecule has 392 valence electrons. The van der Waals surface area contributed by atoms with E-state index in [1.165, 1.54) is 0 Å². The zero-order chi connectivity index (χ0) is 47.9. The van der Waals surface area contributed by atoms with Gasteiger partial charge in [-0.05, 0) is 51.4 Å². The Kier molecular flexibility index (Phi) is 32.8. The molecule has 0 radical (unpaired) electrons. The molecule has 0 aliphatic carbocycles. The Labute approximate surface area is 398 Å². The highest BCUT2D eigenvalue weighted by molar-refractivity contribution is 4.99. The number of hydrogen-bond acceptors (Lipinski definition) is 16. The summed E-state index contributed by atoms with van der Waals surface area (Å²) < 4.78 is 85.6. The van der Waals surface area contributed by atoms with Crippen LogP contribution in [0.15, 0.2) is 0 Å². The van der Waals surface area contributed by atoms with E-state index in [2.05, 4.69) is 55.4 Å². The van der Waals surface area contributed by atoms with Crippen molar-refractivity contribution < 1.29 is 76.9 Å². The molecule has 3 aliphatic heterocycles. The summed E-state index contributed by atoms with van der Waals surface area (Å²) in [6.07, 6.45) is -0.674. The highest BCUT2D eigenvalue weighted by Gasteiger charge is 2.56. The normalized spacial score (nSPS) is 32.9. The van der Waals surface area contributed by atoms with E-state index < -0.39 is 92.1 Å². The highest BCUT2D eigenvalue weighted by Crippen LogP contribution is 2.37. The summed E-state index contributed by atoms with van der Waals surface area (Å²) in [6.45, 7) is 20.5. The number of aliphatic hydroxyl groups excluding tert-OH is 3. The summed E-state index contributed by atoms with van der Waals surface area (Å²) in [4.78, 5) is 0. The van der Waals surface area contributed by atoms with Gasteiger partial charge in [-0.25, -0.2) is 0 Å². The molecule has 3 fully saturated rings. The lowest BCUT2D eigenvalue weighted by Gasteiger charge is -2.51. The van der Waals surface area contributed by atoms with Crippen LogP contribution in [0.2, 0.25) is 0 Å². The van der Waals surface area contributed by atoms with E-state index in [4.69, 9.17) is 61.6 Å². The maximum Gasteiger partial charge on any atom is 0.187 e. The molecule has 3 aliphatic rings. The number of rotatable bonds is 39. The summed E-state index contributed by atoms with van der Waals surface area (Å²) in [5, 5.41) is 34.6. The first kappa shape index (κ1) is 59.7. The molecular weight excluding hydrogens is 857 g/mol. The average molecular weight is 953 g/mol.